The number of carbonyl (C=O) groups is 3. The van der Waals surface area contributed by atoms with Crippen LogP contribution >= 0.6 is 11.8 Å². The minimum absolute atomic E-state index is 0.126. The molecule has 3 aliphatic heterocycles. The summed E-state index contributed by atoms with van der Waals surface area (Å²) in [6.45, 7) is 6.66. The number of hydrogen-bond donors (Lipinski definition) is 2. The van der Waals surface area contributed by atoms with Crippen molar-refractivity contribution in [1.82, 2.24) is 20.5 Å². The van der Waals surface area contributed by atoms with Gasteiger partial charge in [-0.15, -0.1) is 0 Å². The predicted molar refractivity (Wildman–Crippen MR) is 149 cm³/mol. The summed E-state index contributed by atoms with van der Waals surface area (Å²) in [7, 11) is 0. The number of urea groups is 1. The highest BCUT2D eigenvalue weighted by atomic mass is 32.2. The van der Waals surface area contributed by atoms with Gasteiger partial charge in [-0.05, 0) is 81.4 Å². The van der Waals surface area contributed by atoms with Crippen molar-refractivity contribution < 1.29 is 19.1 Å². The van der Waals surface area contributed by atoms with Crippen LogP contribution < -0.4 is 20.3 Å². The molecule has 39 heavy (non-hydrogen) atoms. The molecule has 4 amide bonds. The van der Waals surface area contributed by atoms with Crippen LogP contribution in [0.4, 0.5) is 16.2 Å². The Balaban J connectivity index is 1.22. The van der Waals surface area contributed by atoms with Crippen LogP contribution in [0.15, 0.2) is 48.1 Å². The molecular weight excluding hydrogens is 514 g/mol. The van der Waals surface area contributed by atoms with E-state index in [4.69, 9.17) is 4.74 Å². The molecule has 0 spiro atoms. The molecule has 2 unspecified atom stereocenters. The number of amides is 4. The third-order valence-corrected chi connectivity index (χ3v) is 9.32. The lowest BCUT2D eigenvalue weighted by Gasteiger charge is -2.36. The van der Waals surface area contributed by atoms with Crippen molar-refractivity contribution in [3.63, 3.8) is 0 Å². The van der Waals surface area contributed by atoms with Crippen molar-refractivity contribution in [2.75, 3.05) is 18.0 Å². The van der Waals surface area contributed by atoms with Crippen LogP contribution in [0.25, 0.3) is 0 Å². The van der Waals surface area contributed by atoms with Crippen LogP contribution in [-0.2, 0) is 9.59 Å². The number of aryl methyl sites for hydroxylation is 1. The van der Waals surface area contributed by atoms with E-state index in [0.29, 0.717) is 13.1 Å². The number of nitrogens with zero attached hydrogens (tertiary/aromatic N) is 3. The van der Waals surface area contributed by atoms with Gasteiger partial charge in [0.1, 0.15) is 16.0 Å². The minimum Gasteiger partial charge on any atom is -0.490 e. The number of hydrogen-bond acceptors (Lipinski definition) is 6. The van der Waals surface area contributed by atoms with Crippen molar-refractivity contribution in [2.45, 2.75) is 73.9 Å². The lowest BCUT2D eigenvalue weighted by atomic mass is 9.98. The van der Waals surface area contributed by atoms with Gasteiger partial charge in [-0.1, -0.05) is 18.3 Å². The molecule has 6 rings (SSSR count). The van der Waals surface area contributed by atoms with Crippen LogP contribution in [0.1, 0.15) is 55.7 Å². The van der Waals surface area contributed by atoms with E-state index >= 15 is 0 Å². The van der Waals surface area contributed by atoms with E-state index in [9.17, 15) is 14.4 Å². The fourth-order valence-corrected chi connectivity index (χ4v) is 7.36. The lowest BCUT2D eigenvalue weighted by Crippen LogP contribution is -2.53. The quantitative estimate of drug-likeness (QED) is 0.521. The third-order valence-electron chi connectivity index (χ3n) is 8.03. The molecule has 3 atom stereocenters. The Morgan fingerprint density at radius 2 is 2.00 bits per heavy atom. The molecule has 4 heterocycles. The molecule has 1 saturated heterocycles. The standard InChI is InChI=1S/C29H33N5O4S/c1-3-23(35)33-14-6-7-18(16-33)31-27(36)26-25-24-22(12-13-30-28(24)39-26)34(29(37)32-25)21-11-10-20(15-17(21)2)38-19-8-4-5-9-19/h3,10-13,15,18-19,25-26H,1,4-9,14,16H2,2H3,(H,31,36)(H,32,37)/t18?,25?,26-/m1/s1. The first-order valence-electron chi connectivity index (χ1n) is 13.7. The van der Waals surface area contributed by atoms with Crippen LogP contribution in [0.2, 0.25) is 0 Å². The van der Waals surface area contributed by atoms with Gasteiger partial charge in [0, 0.05) is 30.9 Å². The predicted octanol–water partition coefficient (Wildman–Crippen LogP) is 4.38. The number of nitrogens with one attached hydrogen (secondary N) is 2. The second-order valence-corrected chi connectivity index (χ2v) is 11.8. The molecule has 0 bridgehead atoms. The molecule has 9 nitrogen and oxygen atoms in total. The maximum atomic E-state index is 13.5. The third kappa shape index (κ3) is 4.86. The smallest absolute Gasteiger partial charge is 0.327 e. The molecule has 2 aromatic rings. The number of benzene rings is 1. The zero-order valence-electron chi connectivity index (χ0n) is 22.0. The highest BCUT2D eigenvalue weighted by Crippen LogP contribution is 2.51. The Morgan fingerprint density at radius 3 is 2.77 bits per heavy atom. The number of aromatic nitrogens is 1. The zero-order chi connectivity index (χ0) is 27.1. The molecule has 2 fully saturated rings. The summed E-state index contributed by atoms with van der Waals surface area (Å²) in [6.07, 6.45) is 9.44. The van der Waals surface area contributed by atoms with Crippen molar-refractivity contribution in [2.24, 2.45) is 0 Å². The summed E-state index contributed by atoms with van der Waals surface area (Å²) in [5, 5.41) is 6.40. The Bertz CT molecular complexity index is 1330. The Labute approximate surface area is 232 Å². The molecule has 1 aromatic heterocycles. The van der Waals surface area contributed by atoms with Gasteiger partial charge in [-0.2, -0.15) is 0 Å². The molecule has 2 N–H and O–H groups in total. The Morgan fingerprint density at radius 1 is 1.18 bits per heavy atom. The van der Waals surface area contributed by atoms with E-state index in [-0.39, 0.29) is 30.0 Å². The average Bonchev–Trinajstić information content (AvgIpc) is 3.58. The van der Waals surface area contributed by atoms with Crippen LogP contribution in [0, 0.1) is 6.92 Å². The molecular formula is C29H33N5O4S. The number of anilines is 2. The Kier molecular flexibility index (Phi) is 6.97. The maximum Gasteiger partial charge on any atom is 0.327 e. The van der Waals surface area contributed by atoms with Crippen LogP contribution in [0.5, 0.6) is 5.75 Å². The molecule has 0 radical (unpaired) electrons. The number of likely N-dealkylation sites (tertiary alicyclic amines) is 1. The number of piperidine rings is 1. The molecule has 1 aromatic carbocycles. The molecule has 1 aliphatic carbocycles. The second-order valence-electron chi connectivity index (χ2n) is 10.7. The first kappa shape index (κ1) is 25.7. The summed E-state index contributed by atoms with van der Waals surface area (Å²) in [5.74, 6) is 0.533. The zero-order valence-corrected chi connectivity index (χ0v) is 22.8. The van der Waals surface area contributed by atoms with E-state index in [0.717, 1.165) is 59.0 Å². The first-order valence-corrected chi connectivity index (χ1v) is 14.6. The fourth-order valence-electron chi connectivity index (χ4n) is 6.12. The van der Waals surface area contributed by atoms with E-state index < -0.39 is 11.3 Å². The number of ether oxygens (including phenoxy) is 1. The van der Waals surface area contributed by atoms with E-state index in [2.05, 4.69) is 22.2 Å². The topological polar surface area (TPSA) is 104 Å². The molecule has 204 valence electrons. The lowest BCUT2D eigenvalue weighted by molar-refractivity contribution is -0.129. The summed E-state index contributed by atoms with van der Waals surface area (Å²) < 4.78 is 6.17. The van der Waals surface area contributed by atoms with Gasteiger partial charge in [0.05, 0.1) is 23.5 Å². The monoisotopic (exact) mass is 547 g/mol. The van der Waals surface area contributed by atoms with E-state index in [1.165, 1.54) is 30.7 Å². The van der Waals surface area contributed by atoms with Gasteiger partial charge in [0.2, 0.25) is 11.8 Å². The van der Waals surface area contributed by atoms with Gasteiger partial charge in [-0.3, -0.25) is 14.5 Å². The second kappa shape index (κ2) is 10.6. The molecule has 10 heteroatoms. The number of rotatable bonds is 6. The van der Waals surface area contributed by atoms with Gasteiger partial charge in [0.15, 0.2) is 0 Å². The summed E-state index contributed by atoms with van der Waals surface area (Å²) >= 11 is 1.37. The molecule has 1 saturated carbocycles. The first-order chi connectivity index (χ1) is 18.9. The fraction of sp³-hybridized carbons (Fsp3) is 0.448. The van der Waals surface area contributed by atoms with Crippen LogP contribution in [0.3, 0.4) is 0 Å². The van der Waals surface area contributed by atoms with Crippen molar-refractivity contribution >= 4 is 41.0 Å². The summed E-state index contributed by atoms with van der Waals surface area (Å²) in [6, 6.07) is 6.78. The van der Waals surface area contributed by atoms with E-state index in [1.807, 2.05) is 31.2 Å². The van der Waals surface area contributed by atoms with Crippen molar-refractivity contribution in [3.8, 4) is 5.75 Å². The van der Waals surface area contributed by atoms with E-state index in [1.54, 1.807) is 16.0 Å². The molecule has 4 aliphatic rings. The SMILES string of the molecule is C=CC(=O)N1CCCC(NC(=O)[C@@H]2Sc3nccc4c3C2NC(=O)N4c2ccc(OC3CCCC3)cc2C)C1. The van der Waals surface area contributed by atoms with Gasteiger partial charge in [0.25, 0.3) is 0 Å². The van der Waals surface area contributed by atoms with Crippen LogP contribution in [-0.4, -0.2) is 58.2 Å². The summed E-state index contributed by atoms with van der Waals surface area (Å²) in [5.41, 5.74) is 3.30. The number of thioether (sulfide) groups is 1. The number of pyridine rings is 1. The van der Waals surface area contributed by atoms with Gasteiger partial charge < -0.3 is 20.3 Å². The minimum atomic E-state index is -0.548. The van der Waals surface area contributed by atoms with Crippen molar-refractivity contribution in [1.29, 1.82) is 0 Å². The number of carbonyl (C=O) groups excluding carboxylic acids is 3. The van der Waals surface area contributed by atoms with Gasteiger partial charge in [-0.25, -0.2) is 9.78 Å². The highest BCUT2D eigenvalue weighted by molar-refractivity contribution is 8.01. The van der Waals surface area contributed by atoms with Gasteiger partial charge >= 0.3 is 6.03 Å². The largest absolute Gasteiger partial charge is 0.490 e. The average molecular weight is 548 g/mol. The Hall–Kier alpha value is -3.53. The van der Waals surface area contributed by atoms with Crippen molar-refractivity contribution in [3.05, 3.63) is 54.2 Å². The normalized spacial score (nSPS) is 24.2. The summed E-state index contributed by atoms with van der Waals surface area (Å²) in [4.78, 5) is 47.0. The maximum absolute atomic E-state index is 13.5. The highest BCUT2D eigenvalue weighted by Gasteiger charge is 2.47.